The van der Waals surface area contributed by atoms with E-state index in [9.17, 15) is 19.5 Å². The van der Waals surface area contributed by atoms with Crippen molar-refractivity contribution >= 4 is 29.2 Å². The van der Waals surface area contributed by atoms with Crippen molar-refractivity contribution in [1.82, 2.24) is 4.90 Å². The molecule has 2 aromatic rings. The Morgan fingerprint density at radius 1 is 1.03 bits per heavy atom. The highest BCUT2D eigenvalue weighted by molar-refractivity contribution is 6.22. The number of imide groups is 1. The lowest BCUT2D eigenvalue weighted by Gasteiger charge is -2.38. The lowest BCUT2D eigenvalue weighted by molar-refractivity contribution is -0.123. The molecule has 1 N–H and O–H groups in total. The van der Waals surface area contributed by atoms with Gasteiger partial charge in [-0.25, -0.2) is 9.69 Å². The van der Waals surface area contributed by atoms with Crippen LogP contribution in [-0.4, -0.2) is 66.6 Å². The summed E-state index contributed by atoms with van der Waals surface area (Å²) in [5.74, 6) is -0.694. The van der Waals surface area contributed by atoms with Gasteiger partial charge in [0.15, 0.2) is 0 Å². The summed E-state index contributed by atoms with van der Waals surface area (Å²) in [6, 6.07) is 13.0. The molecule has 0 aliphatic carbocycles. The summed E-state index contributed by atoms with van der Waals surface area (Å²) < 4.78 is 4.97. The molecule has 2 aromatic carbocycles. The van der Waals surface area contributed by atoms with E-state index in [-0.39, 0.29) is 30.6 Å². The highest BCUT2D eigenvalue weighted by Gasteiger charge is 2.43. The Bertz CT molecular complexity index is 983. The number of esters is 1. The molecule has 0 aromatic heterocycles. The van der Waals surface area contributed by atoms with Gasteiger partial charge in [-0.1, -0.05) is 12.1 Å². The van der Waals surface area contributed by atoms with E-state index in [1.54, 1.807) is 43.3 Å². The van der Waals surface area contributed by atoms with Crippen LogP contribution in [0.1, 0.15) is 23.7 Å². The van der Waals surface area contributed by atoms with Crippen molar-refractivity contribution < 1.29 is 24.2 Å². The van der Waals surface area contributed by atoms with Gasteiger partial charge in [0.05, 0.1) is 36.0 Å². The average Bonchev–Trinajstić information content (AvgIpc) is 3.08. The molecule has 2 saturated heterocycles. The third-order valence-corrected chi connectivity index (χ3v) is 5.74. The van der Waals surface area contributed by atoms with Crippen molar-refractivity contribution in [2.75, 3.05) is 42.6 Å². The van der Waals surface area contributed by atoms with Gasteiger partial charge in [-0.3, -0.25) is 14.5 Å². The summed E-state index contributed by atoms with van der Waals surface area (Å²) in [7, 11) is 0. The number of benzene rings is 2. The number of carbonyl (C=O) groups excluding carboxylic acids is 3. The van der Waals surface area contributed by atoms with Gasteiger partial charge >= 0.3 is 5.97 Å². The molecular formula is C23H25N3O5. The quantitative estimate of drug-likeness (QED) is 0.581. The summed E-state index contributed by atoms with van der Waals surface area (Å²) in [6.45, 7) is 4.56. The van der Waals surface area contributed by atoms with Crippen LogP contribution in [0.5, 0.6) is 5.75 Å². The van der Waals surface area contributed by atoms with Crippen LogP contribution in [0, 0.1) is 0 Å². The van der Waals surface area contributed by atoms with Gasteiger partial charge in [-0.05, 0) is 43.3 Å². The van der Waals surface area contributed by atoms with Crippen LogP contribution in [-0.2, 0) is 14.3 Å². The molecule has 8 nitrogen and oxygen atoms in total. The molecule has 0 unspecified atom stereocenters. The number of ether oxygens (including phenoxy) is 1. The standard InChI is InChI=1S/C23H25N3O5/c1-2-31-23(30)16-7-9-17(10-8-16)26-21(28)15-19(22(26)29)25-13-11-24(12-14-25)18-5-3-4-6-20(18)27/h3-10,19,27H,2,11-15H2,1H3/t19-/m0/s1. The molecular weight excluding hydrogens is 398 g/mol. The SMILES string of the molecule is CCOC(=O)c1ccc(N2C(=O)C[C@H](N3CCN(c4ccccc4O)CC3)C2=O)cc1. The number of piperazine rings is 1. The molecule has 8 heteroatoms. The van der Waals surface area contributed by atoms with Crippen LogP contribution in [0.25, 0.3) is 0 Å². The normalized spacial score (nSPS) is 19.7. The Labute approximate surface area is 180 Å². The van der Waals surface area contributed by atoms with Crippen LogP contribution >= 0.6 is 0 Å². The number of rotatable bonds is 5. The summed E-state index contributed by atoms with van der Waals surface area (Å²) >= 11 is 0. The Morgan fingerprint density at radius 2 is 1.71 bits per heavy atom. The predicted molar refractivity (Wildman–Crippen MR) is 115 cm³/mol. The van der Waals surface area contributed by atoms with Crippen molar-refractivity contribution in [2.24, 2.45) is 0 Å². The molecule has 0 radical (unpaired) electrons. The minimum absolute atomic E-state index is 0.134. The van der Waals surface area contributed by atoms with Crippen molar-refractivity contribution in [3.05, 3.63) is 54.1 Å². The number of anilines is 2. The second-order valence-electron chi connectivity index (χ2n) is 7.57. The van der Waals surface area contributed by atoms with Crippen LogP contribution in [0.4, 0.5) is 11.4 Å². The highest BCUT2D eigenvalue weighted by atomic mass is 16.5. The van der Waals surface area contributed by atoms with Gasteiger partial charge in [0.2, 0.25) is 5.91 Å². The number of para-hydroxylation sites is 2. The first-order chi connectivity index (χ1) is 15.0. The molecule has 0 saturated carbocycles. The molecule has 162 valence electrons. The molecule has 1 atom stereocenters. The van der Waals surface area contributed by atoms with E-state index < -0.39 is 12.0 Å². The van der Waals surface area contributed by atoms with Gasteiger partial charge in [0, 0.05) is 26.2 Å². The molecule has 0 bridgehead atoms. The molecule has 4 rings (SSSR count). The number of phenols is 1. The summed E-state index contributed by atoms with van der Waals surface area (Å²) in [5.41, 5.74) is 1.61. The number of amides is 2. The van der Waals surface area contributed by atoms with Crippen molar-refractivity contribution in [1.29, 1.82) is 0 Å². The summed E-state index contributed by atoms with van der Waals surface area (Å²) in [5, 5.41) is 10.1. The first kappa shape index (κ1) is 20.9. The number of hydrogen-bond donors (Lipinski definition) is 1. The molecule has 2 aliphatic heterocycles. The average molecular weight is 423 g/mol. The third kappa shape index (κ3) is 4.11. The minimum atomic E-state index is -0.497. The van der Waals surface area contributed by atoms with Crippen molar-refractivity contribution in [3.8, 4) is 5.75 Å². The molecule has 2 fully saturated rings. The van der Waals surface area contributed by atoms with Crippen LogP contribution in [0.15, 0.2) is 48.5 Å². The topological polar surface area (TPSA) is 90.4 Å². The zero-order valence-electron chi connectivity index (χ0n) is 17.4. The highest BCUT2D eigenvalue weighted by Crippen LogP contribution is 2.30. The fraction of sp³-hybridized carbons (Fsp3) is 0.348. The largest absolute Gasteiger partial charge is 0.506 e. The van der Waals surface area contributed by atoms with E-state index in [2.05, 4.69) is 4.90 Å². The lowest BCUT2D eigenvalue weighted by Crippen LogP contribution is -2.52. The number of phenolic OH excluding ortho intramolecular Hbond substituents is 1. The first-order valence-corrected chi connectivity index (χ1v) is 10.4. The maximum Gasteiger partial charge on any atom is 0.338 e. The maximum atomic E-state index is 13.1. The Kier molecular flexibility index (Phi) is 5.90. The van der Waals surface area contributed by atoms with Gasteiger partial charge in [0.1, 0.15) is 5.75 Å². The third-order valence-electron chi connectivity index (χ3n) is 5.74. The fourth-order valence-corrected chi connectivity index (χ4v) is 4.14. The number of carbonyl (C=O) groups is 3. The Balaban J connectivity index is 1.42. The number of aromatic hydroxyl groups is 1. The second-order valence-corrected chi connectivity index (χ2v) is 7.57. The van der Waals surface area contributed by atoms with E-state index in [1.165, 1.54) is 4.90 Å². The Hall–Kier alpha value is -3.39. The smallest absolute Gasteiger partial charge is 0.338 e. The van der Waals surface area contributed by atoms with Crippen molar-refractivity contribution in [3.63, 3.8) is 0 Å². The zero-order chi connectivity index (χ0) is 22.0. The van der Waals surface area contributed by atoms with E-state index in [0.717, 1.165) is 5.69 Å². The van der Waals surface area contributed by atoms with Gasteiger partial charge in [-0.2, -0.15) is 0 Å². The molecule has 2 heterocycles. The first-order valence-electron chi connectivity index (χ1n) is 10.4. The van der Waals surface area contributed by atoms with Crippen LogP contribution < -0.4 is 9.80 Å². The molecule has 0 spiro atoms. The van der Waals surface area contributed by atoms with Gasteiger partial charge < -0.3 is 14.7 Å². The number of nitrogens with zero attached hydrogens (tertiary/aromatic N) is 3. The fourth-order valence-electron chi connectivity index (χ4n) is 4.14. The minimum Gasteiger partial charge on any atom is -0.506 e. The number of hydrogen-bond acceptors (Lipinski definition) is 7. The van der Waals surface area contributed by atoms with Crippen LogP contribution in [0.2, 0.25) is 0 Å². The monoisotopic (exact) mass is 423 g/mol. The second kappa shape index (κ2) is 8.77. The van der Waals surface area contributed by atoms with Crippen LogP contribution in [0.3, 0.4) is 0 Å². The van der Waals surface area contributed by atoms with E-state index in [4.69, 9.17) is 4.74 Å². The predicted octanol–water partition coefficient (Wildman–Crippen LogP) is 2.02. The Morgan fingerprint density at radius 3 is 2.35 bits per heavy atom. The lowest BCUT2D eigenvalue weighted by atomic mass is 10.1. The van der Waals surface area contributed by atoms with Gasteiger partial charge in [-0.15, -0.1) is 0 Å². The molecule has 31 heavy (non-hydrogen) atoms. The van der Waals surface area contributed by atoms with Crippen molar-refractivity contribution in [2.45, 2.75) is 19.4 Å². The summed E-state index contributed by atoms with van der Waals surface area (Å²) in [6.07, 6.45) is 0.134. The summed E-state index contributed by atoms with van der Waals surface area (Å²) in [4.78, 5) is 42.8. The van der Waals surface area contributed by atoms with E-state index >= 15 is 0 Å². The van der Waals surface area contributed by atoms with Gasteiger partial charge in [0.25, 0.3) is 5.91 Å². The molecule has 2 amide bonds. The molecule has 2 aliphatic rings. The maximum absolute atomic E-state index is 13.1. The van der Waals surface area contributed by atoms with E-state index in [0.29, 0.717) is 37.4 Å². The zero-order valence-corrected chi connectivity index (χ0v) is 17.4. The van der Waals surface area contributed by atoms with E-state index in [1.807, 2.05) is 17.0 Å².